The first kappa shape index (κ1) is 11.4. The Morgan fingerprint density at radius 2 is 1.88 bits per heavy atom. The number of carbonyl (C=O) groups excluding carboxylic acids is 1. The minimum Gasteiger partial charge on any atom is -0.391 e. The van der Waals surface area contributed by atoms with Crippen LogP contribution < -0.4 is 0 Å². The van der Waals surface area contributed by atoms with Crippen molar-refractivity contribution in [1.29, 1.82) is 0 Å². The maximum atomic E-state index is 11.8. The summed E-state index contributed by atoms with van der Waals surface area (Å²) in [4.78, 5) is 15.4. The van der Waals surface area contributed by atoms with Crippen molar-refractivity contribution in [3.05, 3.63) is 0 Å². The summed E-state index contributed by atoms with van der Waals surface area (Å²) < 4.78 is 0. The summed E-state index contributed by atoms with van der Waals surface area (Å²) in [5.41, 5.74) is 0. The highest BCUT2D eigenvalue weighted by Crippen LogP contribution is 2.40. The quantitative estimate of drug-likeness (QED) is 0.462. The molecule has 17 heavy (non-hydrogen) atoms. The Hall–Kier alpha value is -0.690. The molecule has 3 saturated heterocycles. The molecule has 6 heteroatoms. The lowest BCUT2D eigenvalue weighted by atomic mass is 9.94. The molecule has 2 unspecified atom stereocenters. The second-order valence-corrected chi connectivity index (χ2v) is 5.32. The van der Waals surface area contributed by atoms with E-state index in [-0.39, 0.29) is 24.5 Å². The first-order valence-electron chi connectivity index (χ1n) is 6.09. The van der Waals surface area contributed by atoms with Crippen LogP contribution in [0.3, 0.4) is 0 Å². The molecule has 0 radical (unpaired) electrons. The molecule has 3 fully saturated rings. The van der Waals surface area contributed by atoms with Crippen molar-refractivity contribution < 1.29 is 20.1 Å². The highest BCUT2D eigenvalue weighted by atomic mass is 16.3. The van der Waals surface area contributed by atoms with Crippen LogP contribution in [0.1, 0.15) is 19.3 Å². The van der Waals surface area contributed by atoms with Gasteiger partial charge in [-0.25, -0.2) is 0 Å². The average Bonchev–Trinajstić information content (AvgIpc) is 2.54. The van der Waals surface area contributed by atoms with Crippen molar-refractivity contribution in [2.24, 2.45) is 0 Å². The Kier molecular flexibility index (Phi) is 2.45. The van der Waals surface area contributed by atoms with E-state index in [9.17, 15) is 20.1 Å². The number of aliphatic hydroxyl groups is 3. The number of rotatable bonds is 0. The van der Waals surface area contributed by atoms with Crippen LogP contribution >= 0.6 is 0 Å². The van der Waals surface area contributed by atoms with Crippen molar-refractivity contribution in [2.75, 3.05) is 7.05 Å². The van der Waals surface area contributed by atoms with Gasteiger partial charge < -0.3 is 20.2 Å². The fraction of sp³-hybridized carbons (Fsp3) is 0.909. The fourth-order valence-corrected chi connectivity index (χ4v) is 3.60. The van der Waals surface area contributed by atoms with Gasteiger partial charge in [0, 0.05) is 19.5 Å². The summed E-state index contributed by atoms with van der Waals surface area (Å²) in [6.45, 7) is 0. The summed E-state index contributed by atoms with van der Waals surface area (Å²) in [6, 6.07) is -0.789. The molecule has 6 atom stereocenters. The van der Waals surface area contributed by atoms with E-state index in [2.05, 4.69) is 0 Å². The summed E-state index contributed by atoms with van der Waals surface area (Å²) in [6.07, 6.45) is -1.15. The van der Waals surface area contributed by atoms with Crippen LogP contribution in [0.25, 0.3) is 0 Å². The zero-order valence-electron chi connectivity index (χ0n) is 9.73. The third-order valence-corrected chi connectivity index (χ3v) is 4.50. The van der Waals surface area contributed by atoms with Gasteiger partial charge in [0.25, 0.3) is 0 Å². The Balaban J connectivity index is 1.98. The van der Waals surface area contributed by atoms with Crippen molar-refractivity contribution in [1.82, 2.24) is 9.80 Å². The zero-order chi connectivity index (χ0) is 12.3. The second-order valence-electron chi connectivity index (χ2n) is 5.32. The molecule has 3 heterocycles. The number of piperidine rings is 1. The van der Waals surface area contributed by atoms with Crippen LogP contribution in [-0.4, -0.2) is 74.6 Å². The largest absolute Gasteiger partial charge is 0.391 e. The van der Waals surface area contributed by atoms with Gasteiger partial charge in [0.1, 0.15) is 0 Å². The van der Waals surface area contributed by atoms with E-state index < -0.39 is 24.4 Å². The summed E-state index contributed by atoms with van der Waals surface area (Å²) in [5.74, 6) is -0.000426. The van der Waals surface area contributed by atoms with E-state index in [1.165, 1.54) is 0 Å². The third kappa shape index (κ3) is 1.38. The SMILES string of the molecule is CN1C(=O)CC2[C@@H](O)[C@@H](O)[C@H]3[C@H](O)CCC1N23. The molecular weight excluding hydrogens is 224 g/mol. The Morgan fingerprint density at radius 3 is 2.59 bits per heavy atom. The van der Waals surface area contributed by atoms with Crippen molar-refractivity contribution >= 4 is 5.91 Å². The number of aliphatic hydroxyl groups excluding tert-OH is 3. The van der Waals surface area contributed by atoms with Gasteiger partial charge in [0.15, 0.2) is 0 Å². The molecule has 6 nitrogen and oxygen atoms in total. The van der Waals surface area contributed by atoms with Crippen molar-refractivity contribution in [3.8, 4) is 0 Å². The highest BCUT2D eigenvalue weighted by molar-refractivity contribution is 5.78. The van der Waals surface area contributed by atoms with Gasteiger partial charge in [-0.1, -0.05) is 0 Å². The maximum absolute atomic E-state index is 11.8. The minimum atomic E-state index is -0.961. The molecule has 3 aliphatic heterocycles. The van der Waals surface area contributed by atoms with Gasteiger partial charge >= 0.3 is 0 Å². The van der Waals surface area contributed by atoms with Gasteiger partial charge in [-0.2, -0.15) is 0 Å². The van der Waals surface area contributed by atoms with E-state index in [1.54, 1.807) is 11.9 Å². The minimum absolute atomic E-state index is 0.000426. The summed E-state index contributed by atoms with van der Waals surface area (Å²) >= 11 is 0. The van der Waals surface area contributed by atoms with Gasteiger partial charge in [-0.05, 0) is 12.8 Å². The lowest BCUT2D eigenvalue weighted by Crippen LogP contribution is -2.64. The number of hydrogen-bond acceptors (Lipinski definition) is 5. The zero-order valence-corrected chi connectivity index (χ0v) is 9.73. The van der Waals surface area contributed by atoms with Crippen LogP contribution in [0, 0.1) is 0 Å². The Morgan fingerprint density at radius 1 is 1.18 bits per heavy atom. The molecule has 3 aliphatic rings. The van der Waals surface area contributed by atoms with Crippen molar-refractivity contribution in [3.63, 3.8) is 0 Å². The first-order valence-corrected chi connectivity index (χ1v) is 6.09. The molecule has 0 spiro atoms. The molecular formula is C11H18N2O4. The molecule has 0 aromatic carbocycles. The maximum Gasteiger partial charge on any atom is 0.225 e. The van der Waals surface area contributed by atoms with Gasteiger partial charge in [0.2, 0.25) is 5.91 Å². The molecule has 0 aromatic heterocycles. The standard InChI is InChI=1S/C11H18N2O4/c1-12-7-3-2-6(14)9-11(17)10(16)5(13(7)9)4-8(12)15/h5-7,9-11,14,16-17H,2-4H2,1H3/t5?,6-,7?,9-,10-,11+/m1/s1. The molecule has 3 rings (SSSR count). The Bertz CT molecular complexity index is 348. The Labute approximate surface area is 99.4 Å². The number of hydrogen-bond donors (Lipinski definition) is 3. The normalized spacial score (nSPS) is 50.6. The van der Waals surface area contributed by atoms with E-state index in [0.29, 0.717) is 12.8 Å². The predicted octanol–water partition coefficient (Wildman–Crippen LogP) is -1.90. The van der Waals surface area contributed by atoms with E-state index in [1.807, 2.05) is 4.90 Å². The first-order chi connectivity index (χ1) is 8.02. The number of amides is 1. The fourth-order valence-electron chi connectivity index (χ4n) is 3.60. The molecule has 1 amide bonds. The smallest absolute Gasteiger partial charge is 0.225 e. The molecule has 0 aromatic rings. The average molecular weight is 242 g/mol. The molecule has 0 saturated carbocycles. The van der Waals surface area contributed by atoms with Crippen LogP contribution in [-0.2, 0) is 4.79 Å². The van der Waals surface area contributed by atoms with Crippen LogP contribution in [0.4, 0.5) is 0 Å². The van der Waals surface area contributed by atoms with Gasteiger partial charge in [-0.15, -0.1) is 0 Å². The van der Waals surface area contributed by atoms with Crippen molar-refractivity contribution in [2.45, 2.75) is 55.8 Å². The topological polar surface area (TPSA) is 84.2 Å². The molecule has 0 aliphatic carbocycles. The van der Waals surface area contributed by atoms with E-state index in [4.69, 9.17) is 0 Å². The van der Waals surface area contributed by atoms with Crippen LogP contribution in [0.15, 0.2) is 0 Å². The van der Waals surface area contributed by atoms with E-state index in [0.717, 1.165) is 0 Å². The molecule has 0 bridgehead atoms. The summed E-state index contributed by atoms with van der Waals surface area (Å²) in [7, 11) is 1.75. The van der Waals surface area contributed by atoms with Crippen LogP contribution in [0.2, 0.25) is 0 Å². The van der Waals surface area contributed by atoms with E-state index >= 15 is 0 Å². The molecule has 96 valence electrons. The monoisotopic (exact) mass is 242 g/mol. The lowest BCUT2D eigenvalue weighted by Gasteiger charge is -2.50. The molecule has 3 N–H and O–H groups in total. The second kappa shape index (κ2) is 3.65. The highest BCUT2D eigenvalue weighted by Gasteiger charge is 2.58. The lowest BCUT2D eigenvalue weighted by molar-refractivity contribution is -0.157. The van der Waals surface area contributed by atoms with Gasteiger partial charge in [0.05, 0.1) is 30.5 Å². The predicted molar refractivity (Wildman–Crippen MR) is 57.8 cm³/mol. The summed E-state index contributed by atoms with van der Waals surface area (Å²) in [5, 5.41) is 29.9. The van der Waals surface area contributed by atoms with Crippen LogP contribution in [0.5, 0.6) is 0 Å². The number of nitrogens with zero attached hydrogens (tertiary/aromatic N) is 2. The van der Waals surface area contributed by atoms with Gasteiger partial charge in [-0.3, -0.25) is 9.69 Å². The number of carbonyl (C=O) groups is 1. The third-order valence-electron chi connectivity index (χ3n) is 4.50.